The van der Waals surface area contributed by atoms with Crippen LogP contribution in [0.3, 0.4) is 0 Å². The smallest absolute Gasteiger partial charge is 0.242 e. The molecule has 29 heavy (non-hydrogen) atoms. The summed E-state index contributed by atoms with van der Waals surface area (Å²) in [6.45, 7) is 8.09. The molecule has 2 aromatic rings. The zero-order chi connectivity index (χ0) is 21.6. The summed E-state index contributed by atoms with van der Waals surface area (Å²) in [6, 6.07) is 12.6. The van der Waals surface area contributed by atoms with E-state index in [1.54, 1.807) is 30.0 Å². The highest BCUT2D eigenvalue weighted by atomic mass is 35.5. The summed E-state index contributed by atoms with van der Waals surface area (Å²) >= 11 is 12.1. The molecular formula is C23H28Cl2N2O2. The Kier molecular flexibility index (Phi) is 8.54. The summed E-state index contributed by atoms with van der Waals surface area (Å²) in [5.74, 6) is -0.301. The number of carbonyl (C=O) groups excluding carboxylic acids is 2. The molecule has 2 rings (SSSR count). The van der Waals surface area contributed by atoms with Crippen LogP contribution >= 0.6 is 23.2 Å². The van der Waals surface area contributed by atoms with Gasteiger partial charge in [0.25, 0.3) is 0 Å². The molecule has 0 spiro atoms. The van der Waals surface area contributed by atoms with Gasteiger partial charge in [0.1, 0.15) is 6.04 Å². The predicted molar refractivity (Wildman–Crippen MR) is 119 cm³/mol. The number of halogens is 2. The third kappa shape index (κ3) is 6.76. The number of nitrogens with zero attached hydrogens (tertiary/aromatic N) is 1. The molecular weight excluding hydrogens is 407 g/mol. The second-order valence-electron chi connectivity index (χ2n) is 7.43. The molecule has 0 aromatic heterocycles. The van der Waals surface area contributed by atoms with Gasteiger partial charge in [0, 0.05) is 12.6 Å². The van der Waals surface area contributed by atoms with Crippen LogP contribution in [0.25, 0.3) is 0 Å². The van der Waals surface area contributed by atoms with E-state index < -0.39 is 6.04 Å². The Balaban J connectivity index is 2.23. The standard InChI is InChI=1S/C23H28Cl2N2O2/c1-5-16(3)26-23(29)17(4)27(14-18-8-6-15(2)7-9-18)22(28)13-19-10-11-20(24)21(25)12-19/h6-12,16-17H,5,13-14H2,1-4H3,(H,26,29)/t16-,17-/m1/s1. The van der Waals surface area contributed by atoms with Crippen molar-refractivity contribution in [3.8, 4) is 0 Å². The van der Waals surface area contributed by atoms with E-state index >= 15 is 0 Å². The van der Waals surface area contributed by atoms with Gasteiger partial charge in [-0.2, -0.15) is 0 Å². The zero-order valence-electron chi connectivity index (χ0n) is 17.3. The molecule has 6 heteroatoms. The van der Waals surface area contributed by atoms with E-state index in [0.29, 0.717) is 16.6 Å². The van der Waals surface area contributed by atoms with Gasteiger partial charge in [0.2, 0.25) is 11.8 Å². The second-order valence-corrected chi connectivity index (χ2v) is 8.24. The number of hydrogen-bond donors (Lipinski definition) is 1. The highest BCUT2D eigenvalue weighted by molar-refractivity contribution is 6.42. The van der Waals surface area contributed by atoms with Gasteiger partial charge in [0.05, 0.1) is 16.5 Å². The fourth-order valence-corrected chi connectivity index (χ4v) is 3.18. The predicted octanol–water partition coefficient (Wildman–Crippen LogP) is 5.18. The first-order valence-corrected chi connectivity index (χ1v) is 10.6. The zero-order valence-corrected chi connectivity index (χ0v) is 18.8. The lowest BCUT2D eigenvalue weighted by Gasteiger charge is -2.30. The lowest BCUT2D eigenvalue weighted by atomic mass is 10.1. The Hall–Kier alpha value is -2.04. The molecule has 1 N–H and O–H groups in total. The Morgan fingerprint density at radius 2 is 1.62 bits per heavy atom. The number of carbonyl (C=O) groups is 2. The van der Waals surface area contributed by atoms with Crippen LogP contribution in [-0.4, -0.2) is 28.8 Å². The normalized spacial score (nSPS) is 12.9. The van der Waals surface area contributed by atoms with Gasteiger partial charge in [-0.15, -0.1) is 0 Å². The summed E-state index contributed by atoms with van der Waals surface area (Å²) in [5, 5.41) is 3.82. The van der Waals surface area contributed by atoms with Crippen molar-refractivity contribution in [2.24, 2.45) is 0 Å². The number of rotatable bonds is 8. The van der Waals surface area contributed by atoms with Crippen molar-refractivity contribution in [2.45, 2.75) is 59.2 Å². The molecule has 0 bridgehead atoms. The van der Waals surface area contributed by atoms with Crippen LogP contribution < -0.4 is 5.32 Å². The van der Waals surface area contributed by atoms with Crippen LogP contribution in [0.2, 0.25) is 10.0 Å². The van der Waals surface area contributed by atoms with E-state index in [9.17, 15) is 9.59 Å². The van der Waals surface area contributed by atoms with Gasteiger partial charge >= 0.3 is 0 Å². The van der Waals surface area contributed by atoms with Crippen molar-refractivity contribution in [3.05, 3.63) is 69.2 Å². The topological polar surface area (TPSA) is 49.4 Å². The fraction of sp³-hybridized carbons (Fsp3) is 0.391. The number of hydrogen-bond acceptors (Lipinski definition) is 2. The van der Waals surface area contributed by atoms with Crippen LogP contribution in [0.4, 0.5) is 0 Å². The molecule has 0 fully saturated rings. The van der Waals surface area contributed by atoms with Gasteiger partial charge in [0.15, 0.2) is 0 Å². The minimum absolute atomic E-state index is 0.0522. The molecule has 0 heterocycles. The molecule has 2 amide bonds. The van der Waals surface area contributed by atoms with Gasteiger partial charge < -0.3 is 10.2 Å². The molecule has 156 valence electrons. The van der Waals surface area contributed by atoms with Crippen molar-refractivity contribution in [1.29, 1.82) is 0 Å². The van der Waals surface area contributed by atoms with Gasteiger partial charge in [-0.3, -0.25) is 9.59 Å². The lowest BCUT2D eigenvalue weighted by Crippen LogP contribution is -2.49. The van der Waals surface area contributed by atoms with Crippen LogP contribution in [-0.2, 0) is 22.6 Å². The molecule has 2 aromatic carbocycles. The first-order valence-electron chi connectivity index (χ1n) is 9.80. The number of aryl methyl sites for hydroxylation is 1. The van der Waals surface area contributed by atoms with Crippen LogP contribution in [0, 0.1) is 6.92 Å². The molecule has 0 saturated carbocycles. The van der Waals surface area contributed by atoms with Crippen LogP contribution in [0.5, 0.6) is 0 Å². The molecule has 0 aliphatic rings. The van der Waals surface area contributed by atoms with E-state index in [2.05, 4.69) is 5.32 Å². The number of amides is 2. The van der Waals surface area contributed by atoms with E-state index in [1.807, 2.05) is 45.0 Å². The maximum Gasteiger partial charge on any atom is 0.242 e. The first kappa shape index (κ1) is 23.2. The quantitative estimate of drug-likeness (QED) is 0.622. The van der Waals surface area contributed by atoms with Gasteiger partial charge in [-0.05, 0) is 50.5 Å². The average Bonchev–Trinajstić information content (AvgIpc) is 2.69. The fourth-order valence-electron chi connectivity index (χ4n) is 2.86. The SMILES string of the molecule is CC[C@@H](C)NC(=O)[C@@H](C)N(Cc1ccc(C)cc1)C(=O)Cc1ccc(Cl)c(Cl)c1. The van der Waals surface area contributed by atoms with Crippen molar-refractivity contribution < 1.29 is 9.59 Å². The first-order chi connectivity index (χ1) is 13.7. The Bertz CT molecular complexity index is 852. The largest absolute Gasteiger partial charge is 0.352 e. The van der Waals surface area contributed by atoms with Crippen molar-refractivity contribution in [1.82, 2.24) is 10.2 Å². The minimum atomic E-state index is -0.597. The summed E-state index contributed by atoms with van der Waals surface area (Å²) in [7, 11) is 0. The highest BCUT2D eigenvalue weighted by Gasteiger charge is 2.27. The molecule has 2 atom stereocenters. The average molecular weight is 435 g/mol. The number of benzene rings is 2. The maximum absolute atomic E-state index is 13.2. The summed E-state index contributed by atoms with van der Waals surface area (Å²) in [6.07, 6.45) is 0.970. The Morgan fingerprint density at radius 1 is 1.00 bits per heavy atom. The third-order valence-corrected chi connectivity index (χ3v) is 5.72. The summed E-state index contributed by atoms with van der Waals surface area (Å²) in [4.78, 5) is 27.5. The third-order valence-electron chi connectivity index (χ3n) is 4.98. The Labute approximate surface area is 183 Å². The monoisotopic (exact) mass is 434 g/mol. The van der Waals surface area contributed by atoms with Crippen molar-refractivity contribution >= 4 is 35.0 Å². The lowest BCUT2D eigenvalue weighted by molar-refractivity contribution is -0.140. The highest BCUT2D eigenvalue weighted by Crippen LogP contribution is 2.23. The summed E-state index contributed by atoms with van der Waals surface area (Å²) < 4.78 is 0. The minimum Gasteiger partial charge on any atom is -0.352 e. The molecule has 4 nitrogen and oxygen atoms in total. The van der Waals surface area contributed by atoms with Crippen LogP contribution in [0.15, 0.2) is 42.5 Å². The van der Waals surface area contributed by atoms with E-state index in [1.165, 1.54) is 0 Å². The van der Waals surface area contributed by atoms with Gasteiger partial charge in [-0.1, -0.05) is 66.0 Å². The molecule has 0 unspecified atom stereocenters. The van der Waals surface area contributed by atoms with Crippen molar-refractivity contribution in [2.75, 3.05) is 0 Å². The molecule has 0 aliphatic heterocycles. The van der Waals surface area contributed by atoms with Crippen LogP contribution in [0.1, 0.15) is 43.9 Å². The Morgan fingerprint density at radius 3 is 2.21 bits per heavy atom. The molecule has 0 radical (unpaired) electrons. The number of nitrogens with one attached hydrogen (secondary N) is 1. The van der Waals surface area contributed by atoms with E-state index in [0.717, 1.165) is 23.1 Å². The summed E-state index contributed by atoms with van der Waals surface area (Å²) in [5.41, 5.74) is 2.87. The maximum atomic E-state index is 13.2. The van der Waals surface area contributed by atoms with Crippen molar-refractivity contribution in [3.63, 3.8) is 0 Å². The molecule has 0 aliphatic carbocycles. The van der Waals surface area contributed by atoms with Gasteiger partial charge in [-0.25, -0.2) is 0 Å². The second kappa shape index (κ2) is 10.7. The molecule has 0 saturated heterocycles. The van der Waals surface area contributed by atoms with E-state index in [-0.39, 0.29) is 24.3 Å². The van der Waals surface area contributed by atoms with E-state index in [4.69, 9.17) is 23.2 Å².